The number of ether oxygens (including phenoxy) is 1. The Hall–Kier alpha value is -2.47. The number of fused-ring (bicyclic) bond motifs is 1. The van der Waals surface area contributed by atoms with Crippen LogP contribution in [0.1, 0.15) is 24.7 Å². The highest BCUT2D eigenvalue weighted by atomic mass is 79.9. The molecule has 0 saturated heterocycles. The first-order valence-electron chi connectivity index (χ1n) is 8.02. The van der Waals surface area contributed by atoms with E-state index in [-0.39, 0.29) is 5.56 Å². The molecule has 0 aliphatic rings. The molecule has 0 spiro atoms. The molecule has 128 valence electrons. The lowest BCUT2D eigenvalue weighted by Gasteiger charge is -2.09. The van der Waals surface area contributed by atoms with Crippen LogP contribution in [0.3, 0.4) is 0 Å². The van der Waals surface area contributed by atoms with Crippen LogP contribution in [0.4, 0.5) is 0 Å². The van der Waals surface area contributed by atoms with Crippen LogP contribution in [0.2, 0.25) is 0 Å². The Labute approximate surface area is 154 Å². The number of methoxy groups -OCH3 is 1. The van der Waals surface area contributed by atoms with E-state index in [9.17, 15) is 4.79 Å². The minimum absolute atomic E-state index is 0.180. The van der Waals surface area contributed by atoms with Gasteiger partial charge in [-0.05, 0) is 36.8 Å². The molecular formula is C19H18BrN3O2. The highest BCUT2D eigenvalue weighted by Crippen LogP contribution is 2.17. The van der Waals surface area contributed by atoms with Gasteiger partial charge in [-0.3, -0.25) is 4.79 Å². The van der Waals surface area contributed by atoms with E-state index in [0.29, 0.717) is 28.9 Å². The standard InChI is InChI=1S/C19H18BrN3O2/c1-3-6-18-22-16-10-9-14(20)11-15(16)19(24)23(18)21-12-13-7-4-5-8-17(13)25-2/h4-5,7-12H,3,6H2,1-2H3. The normalized spacial score (nSPS) is 11.3. The quantitative estimate of drug-likeness (QED) is 0.609. The van der Waals surface area contributed by atoms with Crippen molar-refractivity contribution in [1.82, 2.24) is 9.66 Å². The zero-order chi connectivity index (χ0) is 17.8. The summed E-state index contributed by atoms with van der Waals surface area (Å²) in [4.78, 5) is 17.5. The lowest BCUT2D eigenvalue weighted by atomic mass is 10.2. The third-order valence-electron chi connectivity index (χ3n) is 3.80. The average molecular weight is 400 g/mol. The van der Waals surface area contributed by atoms with E-state index < -0.39 is 0 Å². The van der Waals surface area contributed by atoms with E-state index in [1.165, 1.54) is 4.68 Å². The summed E-state index contributed by atoms with van der Waals surface area (Å²) in [6, 6.07) is 13.0. The summed E-state index contributed by atoms with van der Waals surface area (Å²) in [5.41, 5.74) is 1.30. The molecule has 0 fully saturated rings. The first kappa shape index (κ1) is 17.4. The van der Waals surface area contributed by atoms with E-state index in [4.69, 9.17) is 4.74 Å². The molecule has 0 radical (unpaired) electrons. The van der Waals surface area contributed by atoms with Crippen molar-refractivity contribution in [1.29, 1.82) is 0 Å². The fourth-order valence-corrected chi connectivity index (χ4v) is 2.95. The summed E-state index contributed by atoms with van der Waals surface area (Å²) in [7, 11) is 1.61. The molecule has 6 heteroatoms. The summed E-state index contributed by atoms with van der Waals surface area (Å²) in [6.45, 7) is 2.05. The summed E-state index contributed by atoms with van der Waals surface area (Å²) in [5.74, 6) is 1.35. The second kappa shape index (κ2) is 7.61. The van der Waals surface area contributed by atoms with Gasteiger partial charge in [0.15, 0.2) is 0 Å². The van der Waals surface area contributed by atoms with Crippen molar-refractivity contribution >= 4 is 33.0 Å². The summed E-state index contributed by atoms with van der Waals surface area (Å²) >= 11 is 3.40. The molecule has 0 aliphatic heterocycles. The molecule has 25 heavy (non-hydrogen) atoms. The van der Waals surface area contributed by atoms with Gasteiger partial charge in [-0.1, -0.05) is 35.0 Å². The van der Waals surface area contributed by atoms with Gasteiger partial charge in [0, 0.05) is 16.5 Å². The number of halogens is 1. The fraction of sp³-hybridized carbons (Fsp3) is 0.211. The zero-order valence-corrected chi connectivity index (χ0v) is 15.7. The minimum atomic E-state index is -0.180. The molecule has 3 aromatic rings. The van der Waals surface area contributed by atoms with Gasteiger partial charge in [-0.25, -0.2) is 4.98 Å². The molecule has 2 aromatic carbocycles. The average Bonchev–Trinajstić information content (AvgIpc) is 2.62. The Bertz CT molecular complexity index is 996. The van der Waals surface area contributed by atoms with Gasteiger partial charge in [0.2, 0.25) is 0 Å². The van der Waals surface area contributed by atoms with Gasteiger partial charge in [0.1, 0.15) is 11.6 Å². The molecule has 3 rings (SSSR count). The Kier molecular flexibility index (Phi) is 5.28. The lowest BCUT2D eigenvalue weighted by molar-refractivity contribution is 0.414. The van der Waals surface area contributed by atoms with Crippen molar-refractivity contribution in [3.8, 4) is 5.75 Å². The second-order valence-corrected chi connectivity index (χ2v) is 6.46. The van der Waals surface area contributed by atoms with Crippen molar-refractivity contribution < 1.29 is 4.74 Å². The van der Waals surface area contributed by atoms with Crippen molar-refractivity contribution in [2.45, 2.75) is 19.8 Å². The van der Waals surface area contributed by atoms with Gasteiger partial charge in [-0.15, -0.1) is 0 Å². The molecule has 0 amide bonds. The van der Waals surface area contributed by atoms with Crippen LogP contribution < -0.4 is 10.3 Å². The highest BCUT2D eigenvalue weighted by molar-refractivity contribution is 9.10. The fourth-order valence-electron chi connectivity index (χ4n) is 2.59. The molecular weight excluding hydrogens is 382 g/mol. The number of benzene rings is 2. The molecule has 0 unspecified atom stereocenters. The van der Waals surface area contributed by atoms with Gasteiger partial charge < -0.3 is 4.74 Å². The van der Waals surface area contributed by atoms with E-state index in [0.717, 1.165) is 16.5 Å². The topological polar surface area (TPSA) is 56.5 Å². The van der Waals surface area contributed by atoms with E-state index in [1.54, 1.807) is 19.4 Å². The van der Waals surface area contributed by atoms with Crippen LogP contribution in [-0.4, -0.2) is 23.0 Å². The van der Waals surface area contributed by atoms with Crippen LogP contribution in [0.5, 0.6) is 5.75 Å². The SMILES string of the molecule is CCCc1nc2ccc(Br)cc2c(=O)n1N=Cc1ccccc1OC. The number of rotatable bonds is 5. The summed E-state index contributed by atoms with van der Waals surface area (Å²) in [5, 5.41) is 4.94. The van der Waals surface area contributed by atoms with Gasteiger partial charge in [-0.2, -0.15) is 9.78 Å². The number of aryl methyl sites for hydroxylation is 1. The molecule has 1 heterocycles. The molecule has 5 nitrogen and oxygen atoms in total. The maximum Gasteiger partial charge on any atom is 0.282 e. The van der Waals surface area contributed by atoms with E-state index in [1.807, 2.05) is 43.3 Å². The van der Waals surface area contributed by atoms with Crippen molar-refractivity contribution in [3.05, 3.63) is 68.7 Å². The second-order valence-electron chi connectivity index (χ2n) is 5.54. The number of para-hydroxylation sites is 1. The predicted octanol–water partition coefficient (Wildman–Crippen LogP) is 4.00. The number of nitrogens with zero attached hydrogens (tertiary/aromatic N) is 3. The largest absolute Gasteiger partial charge is 0.496 e. The monoisotopic (exact) mass is 399 g/mol. The van der Waals surface area contributed by atoms with Crippen LogP contribution in [-0.2, 0) is 6.42 Å². The van der Waals surface area contributed by atoms with Crippen molar-refractivity contribution in [2.24, 2.45) is 5.10 Å². The molecule has 1 aromatic heterocycles. The van der Waals surface area contributed by atoms with Crippen LogP contribution in [0.15, 0.2) is 56.8 Å². The Balaban J connectivity index is 2.16. The molecule has 0 saturated carbocycles. The van der Waals surface area contributed by atoms with Crippen molar-refractivity contribution in [2.75, 3.05) is 7.11 Å². The number of hydrogen-bond donors (Lipinski definition) is 0. The lowest BCUT2D eigenvalue weighted by Crippen LogP contribution is -2.22. The van der Waals surface area contributed by atoms with Crippen LogP contribution >= 0.6 is 15.9 Å². The van der Waals surface area contributed by atoms with Gasteiger partial charge in [0.05, 0.1) is 24.2 Å². The minimum Gasteiger partial charge on any atom is -0.496 e. The first-order valence-corrected chi connectivity index (χ1v) is 8.82. The number of aromatic nitrogens is 2. The molecule has 0 bridgehead atoms. The maximum absolute atomic E-state index is 12.9. The summed E-state index contributed by atoms with van der Waals surface area (Å²) < 4.78 is 7.54. The van der Waals surface area contributed by atoms with Gasteiger partial charge in [0.25, 0.3) is 5.56 Å². The Morgan fingerprint density at radius 2 is 2.08 bits per heavy atom. The van der Waals surface area contributed by atoms with E-state index >= 15 is 0 Å². The number of hydrogen-bond acceptors (Lipinski definition) is 4. The van der Waals surface area contributed by atoms with Gasteiger partial charge >= 0.3 is 0 Å². The highest BCUT2D eigenvalue weighted by Gasteiger charge is 2.10. The third-order valence-corrected chi connectivity index (χ3v) is 4.29. The predicted molar refractivity (Wildman–Crippen MR) is 104 cm³/mol. The molecule has 0 atom stereocenters. The Morgan fingerprint density at radius 3 is 2.84 bits per heavy atom. The summed E-state index contributed by atoms with van der Waals surface area (Å²) in [6.07, 6.45) is 3.17. The van der Waals surface area contributed by atoms with E-state index in [2.05, 4.69) is 26.0 Å². The molecule has 0 aliphatic carbocycles. The third kappa shape index (κ3) is 3.64. The van der Waals surface area contributed by atoms with Crippen LogP contribution in [0, 0.1) is 0 Å². The Morgan fingerprint density at radius 1 is 1.28 bits per heavy atom. The zero-order valence-electron chi connectivity index (χ0n) is 14.1. The molecule has 0 N–H and O–H groups in total. The van der Waals surface area contributed by atoms with Crippen LogP contribution in [0.25, 0.3) is 10.9 Å². The maximum atomic E-state index is 12.9. The van der Waals surface area contributed by atoms with Crippen molar-refractivity contribution in [3.63, 3.8) is 0 Å². The first-order chi connectivity index (χ1) is 12.1. The smallest absolute Gasteiger partial charge is 0.282 e.